The Bertz CT molecular complexity index is 1200. The predicted octanol–water partition coefficient (Wildman–Crippen LogP) is 6.78. The Morgan fingerprint density at radius 2 is 1.29 bits per heavy atom. The lowest BCUT2D eigenvalue weighted by Gasteiger charge is -2.44. The molecule has 1 heterocycles. The highest BCUT2D eigenvalue weighted by Gasteiger charge is 2.73. The van der Waals surface area contributed by atoms with Gasteiger partial charge in [0.15, 0.2) is 9.84 Å². The first-order valence-corrected chi connectivity index (χ1v) is 14.5. The smallest absolute Gasteiger partial charge is 0.299 e. The normalized spacial score (nSPS) is 24.4. The second-order valence-electron chi connectivity index (χ2n) is 9.56. The van der Waals surface area contributed by atoms with Gasteiger partial charge in [-0.05, 0) is 55.5 Å². The fourth-order valence-corrected chi connectivity index (χ4v) is 8.52. The molecule has 1 saturated carbocycles. The van der Waals surface area contributed by atoms with Gasteiger partial charge in [-0.25, -0.2) is 17.2 Å². The lowest BCUT2D eigenvalue weighted by Crippen LogP contribution is -2.50. The van der Waals surface area contributed by atoms with E-state index in [1.165, 1.54) is 0 Å². The van der Waals surface area contributed by atoms with Crippen LogP contribution in [0.4, 0.5) is 35.1 Å². The molecule has 38 heavy (non-hydrogen) atoms. The first-order valence-electron chi connectivity index (χ1n) is 11.9. The molecule has 2 aromatic rings. The van der Waals surface area contributed by atoms with E-state index in [0.717, 1.165) is 61.0 Å². The SMILES string of the molecule is O=S(=O)(c1ccc(F)cc1)[C@]1(c2ccc(C(F)(C(F)(F)F)C(F)(F)F)cc2)CC[C@H](N2CCSCC2)CC1. The maximum Gasteiger partial charge on any atom is 0.435 e. The molecule has 0 N–H and O–H groups in total. The molecule has 0 amide bonds. The van der Waals surface area contributed by atoms with Crippen molar-refractivity contribution in [1.82, 2.24) is 4.90 Å². The Labute approximate surface area is 219 Å². The third kappa shape index (κ3) is 4.94. The van der Waals surface area contributed by atoms with Crippen LogP contribution in [0, 0.1) is 5.82 Å². The number of halogens is 8. The van der Waals surface area contributed by atoms with Crippen molar-refractivity contribution in [3.8, 4) is 0 Å². The molecule has 0 radical (unpaired) electrons. The number of hydrogen-bond acceptors (Lipinski definition) is 4. The summed E-state index contributed by atoms with van der Waals surface area (Å²) in [6.45, 7) is 1.66. The van der Waals surface area contributed by atoms with Crippen LogP contribution in [0.25, 0.3) is 0 Å². The minimum Gasteiger partial charge on any atom is -0.299 e. The van der Waals surface area contributed by atoms with Crippen LogP contribution in [0.1, 0.15) is 36.8 Å². The van der Waals surface area contributed by atoms with E-state index in [4.69, 9.17) is 0 Å². The average molecular weight is 588 g/mol. The summed E-state index contributed by atoms with van der Waals surface area (Å²) in [7, 11) is -4.28. The van der Waals surface area contributed by atoms with Gasteiger partial charge < -0.3 is 0 Å². The molecule has 0 aromatic heterocycles. The van der Waals surface area contributed by atoms with E-state index in [-0.39, 0.29) is 29.3 Å². The van der Waals surface area contributed by atoms with E-state index >= 15 is 0 Å². The van der Waals surface area contributed by atoms with Crippen molar-refractivity contribution in [3.05, 3.63) is 65.5 Å². The molecular formula is C25H25F8NO2S2. The van der Waals surface area contributed by atoms with Gasteiger partial charge in [0.05, 0.1) is 4.90 Å². The van der Waals surface area contributed by atoms with Crippen LogP contribution in [-0.4, -0.2) is 56.3 Å². The molecule has 2 aliphatic rings. The zero-order chi connectivity index (χ0) is 28.0. The molecule has 0 spiro atoms. The molecule has 0 unspecified atom stereocenters. The molecule has 2 fully saturated rings. The third-order valence-corrected chi connectivity index (χ3v) is 11.1. The van der Waals surface area contributed by atoms with Gasteiger partial charge in [-0.3, -0.25) is 4.90 Å². The summed E-state index contributed by atoms with van der Waals surface area (Å²) in [4.78, 5) is 2.04. The molecule has 210 valence electrons. The third-order valence-electron chi connectivity index (χ3n) is 7.55. The van der Waals surface area contributed by atoms with Crippen LogP contribution in [0.5, 0.6) is 0 Å². The highest BCUT2D eigenvalue weighted by atomic mass is 32.2. The van der Waals surface area contributed by atoms with E-state index in [9.17, 15) is 43.5 Å². The van der Waals surface area contributed by atoms with Crippen molar-refractivity contribution in [3.63, 3.8) is 0 Å². The Morgan fingerprint density at radius 3 is 1.76 bits per heavy atom. The largest absolute Gasteiger partial charge is 0.435 e. The fourth-order valence-electron chi connectivity index (χ4n) is 5.42. The number of benzene rings is 2. The molecule has 0 atom stereocenters. The number of thioether (sulfide) groups is 1. The number of nitrogens with zero attached hydrogens (tertiary/aromatic N) is 1. The van der Waals surface area contributed by atoms with Crippen LogP contribution in [0.3, 0.4) is 0 Å². The Morgan fingerprint density at radius 1 is 0.789 bits per heavy atom. The summed E-state index contributed by atoms with van der Waals surface area (Å²) in [5.41, 5.74) is -7.34. The van der Waals surface area contributed by atoms with Crippen molar-refractivity contribution in [1.29, 1.82) is 0 Å². The first-order chi connectivity index (χ1) is 17.6. The second-order valence-corrected chi connectivity index (χ2v) is 13.0. The van der Waals surface area contributed by atoms with Crippen molar-refractivity contribution in [2.45, 2.75) is 59.4 Å². The monoisotopic (exact) mass is 587 g/mol. The molecule has 13 heteroatoms. The molecule has 1 aliphatic carbocycles. The standard InChI is InChI=1S/C25H25F8NO2S2/c26-19-5-7-21(8-6-19)38(35,36)22(11-9-20(10-12-22)34-13-15-37-16-14-34)17-1-3-18(4-2-17)23(27,24(28,29)30)25(31,32)33/h1-8,20H,9-16H2/t20-,22+. The quantitative estimate of drug-likeness (QED) is 0.286. The van der Waals surface area contributed by atoms with Gasteiger partial charge >= 0.3 is 18.0 Å². The predicted molar refractivity (Wildman–Crippen MR) is 128 cm³/mol. The first kappa shape index (κ1) is 29.1. The number of sulfone groups is 1. The molecule has 1 aliphatic heterocycles. The van der Waals surface area contributed by atoms with Crippen molar-refractivity contribution >= 4 is 21.6 Å². The van der Waals surface area contributed by atoms with Crippen molar-refractivity contribution in [2.24, 2.45) is 0 Å². The van der Waals surface area contributed by atoms with Gasteiger partial charge in [0.1, 0.15) is 10.6 Å². The maximum absolute atomic E-state index is 14.6. The van der Waals surface area contributed by atoms with Gasteiger partial charge in [0, 0.05) is 36.2 Å². The van der Waals surface area contributed by atoms with Crippen molar-refractivity contribution < 1.29 is 43.5 Å². The summed E-state index contributed by atoms with van der Waals surface area (Å²) in [6, 6.07) is 6.53. The van der Waals surface area contributed by atoms with E-state index in [1.807, 2.05) is 11.8 Å². The average Bonchev–Trinajstić information content (AvgIpc) is 2.88. The summed E-state index contributed by atoms with van der Waals surface area (Å²) < 4.78 is 134. The van der Waals surface area contributed by atoms with E-state index < -0.39 is 44.0 Å². The molecule has 3 nitrogen and oxygen atoms in total. The molecule has 1 saturated heterocycles. The number of rotatable bonds is 5. The van der Waals surface area contributed by atoms with Crippen LogP contribution >= 0.6 is 11.8 Å². The van der Waals surface area contributed by atoms with Crippen LogP contribution in [-0.2, 0) is 20.3 Å². The lowest BCUT2D eigenvalue weighted by atomic mass is 9.79. The highest BCUT2D eigenvalue weighted by molar-refractivity contribution is 7.99. The maximum atomic E-state index is 14.6. The van der Waals surface area contributed by atoms with Gasteiger partial charge in [0.2, 0.25) is 0 Å². The molecule has 4 rings (SSSR count). The van der Waals surface area contributed by atoms with Gasteiger partial charge in [0.25, 0.3) is 0 Å². The van der Waals surface area contributed by atoms with Gasteiger partial charge in [-0.15, -0.1) is 0 Å². The van der Waals surface area contributed by atoms with Gasteiger partial charge in [-0.2, -0.15) is 38.1 Å². The molecular weight excluding hydrogens is 562 g/mol. The lowest BCUT2D eigenvalue weighted by molar-refractivity contribution is -0.348. The van der Waals surface area contributed by atoms with Crippen LogP contribution in [0.2, 0.25) is 0 Å². The van der Waals surface area contributed by atoms with Crippen LogP contribution in [0.15, 0.2) is 53.4 Å². The highest BCUT2D eigenvalue weighted by Crippen LogP contribution is 2.54. The zero-order valence-corrected chi connectivity index (χ0v) is 21.6. The fraction of sp³-hybridized carbons (Fsp3) is 0.520. The van der Waals surface area contributed by atoms with Crippen LogP contribution < -0.4 is 0 Å². The summed E-state index contributed by atoms with van der Waals surface area (Å²) in [6.07, 6.45) is -11.6. The molecule has 2 aromatic carbocycles. The Hall–Kier alpha value is -1.86. The Kier molecular flexibility index (Phi) is 7.88. The number of alkyl halides is 7. The second kappa shape index (κ2) is 10.3. The minimum absolute atomic E-state index is 0.0371. The Balaban J connectivity index is 1.76. The molecule has 0 bridgehead atoms. The summed E-state index contributed by atoms with van der Waals surface area (Å²) in [5.74, 6) is 1.19. The minimum atomic E-state index is -6.28. The zero-order valence-electron chi connectivity index (χ0n) is 20.0. The number of hydrogen-bond donors (Lipinski definition) is 0. The topological polar surface area (TPSA) is 37.4 Å². The summed E-state index contributed by atoms with van der Waals surface area (Å²) >= 11 is 1.81. The van der Waals surface area contributed by atoms with E-state index in [1.54, 1.807) is 0 Å². The van der Waals surface area contributed by atoms with Crippen molar-refractivity contribution in [2.75, 3.05) is 24.6 Å². The van der Waals surface area contributed by atoms with Gasteiger partial charge in [-0.1, -0.05) is 24.3 Å². The van der Waals surface area contributed by atoms with E-state index in [2.05, 4.69) is 4.90 Å². The summed E-state index contributed by atoms with van der Waals surface area (Å²) in [5, 5.41) is 0. The van der Waals surface area contributed by atoms with E-state index in [0.29, 0.717) is 25.0 Å².